The van der Waals surface area contributed by atoms with Crippen molar-refractivity contribution in [1.82, 2.24) is 5.32 Å². The van der Waals surface area contributed by atoms with Gasteiger partial charge in [-0.15, -0.1) is 0 Å². The average molecular weight is 274 g/mol. The average Bonchev–Trinajstić information content (AvgIpc) is 2.97. The van der Waals surface area contributed by atoms with Crippen molar-refractivity contribution in [2.45, 2.75) is 89.1 Å². The van der Waals surface area contributed by atoms with Crippen LogP contribution in [0.4, 0.5) is 0 Å². The lowest BCUT2D eigenvalue weighted by Gasteiger charge is -2.39. The van der Waals surface area contributed by atoms with Crippen molar-refractivity contribution in [1.29, 1.82) is 0 Å². The number of fused-ring (bicyclic) bond motifs is 3. The highest BCUT2D eigenvalue weighted by Gasteiger charge is 2.37. The van der Waals surface area contributed by atoms with Gasteiger partial charge in [0.25, 0.3) is 0 Å². The summed E-state index contributed by atoms with van der Waals surface area (Å²) in [6.45, 7) is 0. The highest BCUT2D eigenvalue weighted by atomic mass is 15.1. The summed E-state index contributed by atoms with van der Waals surface area (Å²) in [5.74, 6) is 4.12. The Morgan fingerprint density at radius 1 is 0.750 bits per heavy atom. The second kappa shape index (κ2) is 5.69. The van der Waals surface area contributed by atoms with Crippen molar-refractivity contribution in [3.8, 4) is 0 Å². The van der Waals surface area contributed by atoms with Crippen LogP contribution in [0.1, 0.15) is 77.0 Å². The van der Waals surface area contributed by atoms with Crippen molar-refractivity contribution in [2.24, 2.45) is 22.7 Å². The Kier molecular flexibility index (Phi) is 3.74. The molecule has 0 unspecified atom stereocenters. The van der Waals surface area contributed by atoms with E-state index in [0.29, 0.717) is 6.04 Å². The molecule has 5 fully saturated rings. The molecule has 1 N–H and O–H groups in total. The Hall–Kier alpha value is -0.530. The number of nitrogens with zero attached hydrogens (tertiary/aromatic N) is 1. The van der Waals surface area contributed by atoms with Crippen LogP contribution in [0.2, 0.25) is 0 Å². The van der Waals surface area contributed by atoms with E-state index in [1.165, 1.54) is 82.9 Å². The largest absolute Gasteiger partial charge is 0.371 e. The minimum Gasteiger partial charge on any atom is -0.371 e. The zero-order valence-corrected chi connectivity index (χ0v) is 12.8. The summed E-state index contributed by atoms with van der Waals surface area (Å²) < 4.78 is 0. The van der Waals surface area contributed by atoms with E-state index < -0.39 is 0 Å². The first kappa shape index (κ1) is 13.2. The summed E-state index contributed by atoms with van der Waals surface area (Å²) in [5.41, 5.74) is 0. The summed E-state index contributed by atoms with van der Waals surface area (Å²) in [5, 5.41) is 3.75. The van der Waals surface area contributed by atoms with Crippen LogP contribution < -0.4 is 5.32 Å². The lowest BCUT2D eigenvalue weighted by atomic mass is 9.77. The summed E-state index contributed by atoms with van der Waals surface area (Å²) in [7, 11) is 0. The smallest absolute Gasteiger partial charge is 0.1000 e. The second-order valence-electron chi connectivity index (χ2n) is 7.77. The molecule has 2 heterocycles. The topological polar surface area (TPSA) is 24.4 Å². The maximum absolute atomic E-state index is 5.28. The third-order valence-electron chi connectivity index (χ3n) is 6.56. The molecule has 0 amide bonds. The monoisotopic (exact) mass is 274 g/mol. The van der Waals surface area contributed by atoms with Crippen LogP contribution in [0.5, 0.6) is 0 Å². The van der Waals surface area contributed by atoms with Gasteiger partial charge < -0.3 is 5.32 Å². The zero-order chi connectivity index (χ0) is 13.4. The van der Waals surface area contributed by atoms with E-state index in [1.807, 2.05) is 0 Å². The Labute approximate surface area is 123 Å². The molecule has 20 heavy (non-hydrogen) atoms. The molecular formula is C18H30N2. The van der Waals surface area contributed by atoms with Crippen molar-refractivity contribution < 1.29 is 0 Å². The number of amidine groups is 1. The normalized spacial score (nSPS) is 43.9. The van der Waals surface area contributed by atoms with Crippen molar-refractivity contribution in [2.75, 3.05) is 0 Å². The summed E-state index contributed by atoms with van der Waals surface area (Å²) in [4.78, 5) is 5.28. The van der Waals surface area contributed by atoms with Gasteiger partial charge in [-0.2, -0.15) is 0 Å². The molecule has 0 aromatic heterocycles. The van der Waals surface area contributed by atoms with Gasteiger partial charge in [-0.05, 0) is 50.4 Å². The van der Waals surface area contributed by atoms with E-state index in [-0.39, 0.29) is 0 Å². The molecule has 2 atom stereocenters. The third kappa shape index (κ3) is 2.51. The van der Waals surface area contributed by atoms with Gasteiger partial charge in [0.15, 0.2) is 0 Å². The first-order valence-electron chi connectivity index (χ1n) is 9.24. The van der Waals surface area contributed by atoms with E-state index in [0.717, 1.165) is 23.8 Å². The molecule has 0 aromatic carbocycles. The van der Waals surface area contributed by atoms with E-state index in [9.17, 15) is 0 Å². The van der Waals surface area contributed by atoms with Crippen LogP contribution in [0, 0.1) is 17.8 Å². The minimum atomic E-state index is 0.667. The Bertz CT molecular complexity index is 362. The molecule has 2 heteroatoms. The number of nitrogens with one attached hydrogen (secondary N) is 1. The predicted octanol–water partition coefficient (Wildman–Crippen LogP) is 4.30. The molecule has 2 nitrogen and oxygen atoms in total. The van der Waals surface area contributed by atoms with Crippen LogP contribution in [-0.4, -0.2) is 17.9 Å². The number of piperidine rings is 2. The zero-order valence-electron chi connectivity index (χ0n) is 12.8. The van der Waals surface area contributed by atoms with Gasteiger partial charge in [0.2, 0.25) is 0 Å². The molecule has 112 valence electrons. The number of hydrogen-bond donors (Lipinski definition) is 1. The van der Waals surface area contributed by atoms with Gasteiger partial charge in [0.1, 0.15) is 0 Å². The van der Waals surface area contributed by atoms with Gasteiger partial charge in [0.05, 0.1) is 11.9 Å². The SMILES string of the molecule is C1CCC([C@H]2CCC[C@H]2N=C2NC3CCC2CC3)CC1. The van der Waals surface area contributed by atoms with Crippen LogP contribution in [0.15, 0.2) is 4.99 Å². The molecule has 2 saturated heterocycles. The predicted molar refractivity (Wildman–Crippen MR) is 84.0 cm³/mol. The number of rotatable bonds is 2. The summed E-state index contributed by atoms with van der Waals surface area (Å²) in [6.07, 6.45) is 17.3. The molecule has 0 radical (unpaired) electrons. The molecule has 5 aliphatic rings. The van der Waals surface area contributed by atoms with Crippen LogP contribution >= 0.6 is 0 Å². The standard InChI is InChI=1S/C18H30N2/c1-2-5-13(6-3-1)16-7-4-8-17(16)20-18-14-9-11-15(19-18)12-10-14/h13-17H,1-12H2,(H,19,20)/t14?,15?,16-,17-/m1/s1. The van der Waals surface area contributed by atoms with Crippen LogP contribution in [0.3, 0.4) is 0 Å². The second-order valence-corrected chi connectivity index (χ2v) is 7.77. The Morgan fingerprint density at radius 2 is 1.55 bits per heavy atom. The number of hydrogen-bond acceptors (Lipinski definition) is 1. The molecule has 2 aliphatic heterocycles. The first-order chi connectivity index (χ1) is 9.90. The van der Waals surface area contributed by atoms with Crippen molar-refractivity contribution in [3.05, 3.63) is 0 Å². The molecule has 5 rings (SSSR count). The quantitative estimate of drug-likeness (QED) is 0.798. The fraction of sp³-hybridized carbons (Fsp3) is 0.944. The van der Waals surface area contributed by atoms with Crippen LogP contribution in [0.25, 0.3) is 0 Å². The summed E-state index contributed by atoms with van der Waals surface area (Å²) >= 11 is 0. The molecule has 3 aliphatic carbocycles. The molecule has 0 aromatic rings. The lowest BCUT2D eigenvalue weighted by Crippen LogP contribution is -2.49. The van der Waals surface area contributed by atoms with E-state index in [2.05, 4.69) is 5.32 Å². The van der Waals surface area contributed by atoms with Gasteiger partial charge in [0, 0.05) is 12.0 Å². The minimum absolute atomic E-state index is 0.667. The van der Waals surface area contributed by atoms with Crippen molar-refractivity contribution >= 4 is 5.84 Å². The van der Waals surface area contributed by atoms with Gasteiger partial charge in [-0.3, -0.25) is 4.99 Å². The van der Waals surface area contributed by atoms with Crippen molar-refractivity contribution in [3.63, 3.8) is 0 Å². The third-order valence-corrected chi connectivity index (χ3v) is 6.56. The number of aliphatic imine (C=N–C) groups is 1. The molecule has 0 spiro atoms. The van der Waals surface area contributed by atoms with E-state index in [1.54, 1.807) is 0 Å². The molecular weight excluding hydrogens is 244 g/mol. The molecule has 3 saturated carbocycles. The lowest BCUT2D eigenvalue weighted by molar-refractivity contribution is 0.233. The fourth-order valence-corrected chi connectivity index (χ4v) is 5.40. The molecule has 2 bridgehead atoms. The maximum atomic E-state index is 5.28. The Morgan fingerprint density at radius 3 is 2.25 bits per heavy atom. The first-order valence-corrected chi connectivity index (χ1v) is 9.24. The van der Waals surface area contributed by atoms with E-state index >= 15 is 0 Å². The van der Waals surface area contributed by atoms with E-state index in [4.69, 9.17) is 4.99 Å². The fourth-order valence-electron chi connectivity index (χ4n) is 5.40. The maximum Gasteiger partial charge on any atom is 0.1000 e. The van der Waals surface area contributed by atoms with Gasteiger partial charge >= 0.3 is 0 Å². The summed E-state index contributed by atoms with van der Waals surface area (Å²) in [6, 6.07) is 1.42. The Balaban J connectivity index is 1.46. The van der Waals surface area contributed by atoms with Gasteiger partial charge in [-0.25, -0.2) is 0 Å². The highest BCUT2D eigenvalue weighted by molar-refractivity contribution is 5.86. The van der Waals surface area contributed by atoms with Crippen LogP contribution in [-0.2, 0) is 0 Å². The highest BCUT2D eigenvalue weighted by Crippen LogP contribution is 2.41. The van der Waals surface area contributed by atoms with Gasteiger partial charge in [-0.1, -0.05) is 38.5 Å².